The van der Waals surface area contributed by atoms with Crippen molar-refractivity contribution in [2.45, 2.75) is 50.2 Å². The Hall–Kier alpha value is -0.0600. The van der Waals surface area contributed by atoms with E-state index in [2.05, 4.69) is 0 Å². The predicted octanol–water partition coefficient (Wildman–Crippen LogP) is 2.02. The molecule has 1 spiro atoms. The number of ketones is 1. The molecule has 1 saturated carbocycles. The van der Waals surface area contributed by atoms with Crippen molar-refractivity contribution in [3.8, 4) is 0 Å². The normalized spacial score (nSPS) is 33.3. The van der Waals surface area contributed by atoms with Gasteiger partial charge in [-0.05, 0) is 55.9 Å². The van der Waals surface area contributed by atoms with Crippen LogP contribution in [0.2, 0.25) is 0 Å². The van der Waals surface area contributed by atoms with E-state index in [0.717, 1.165) is 50.0 Å². The van der Waals surface area contributed by atoms with Gasteiger partial charge in [0.05, 0.1) is 5.60 Å². The van der Waals surface area contributed by atoms with Gasteiger partial charge in [-0.2, -0.15) is 11.8 Å². The van der Waals surface area contributed by atoms with Crippen LogP contribution in [0.25, 0.3) is 0 Å². The van der Waals surface area contributed by atoms with Gasteiger partial charge in [0.1, 0.15) is 6.10 Å². The number of aliphatic hydroxyl groups excluding tert-OH is 1. The van der Waals surface area contributed by atoms with Crippen molar-refractivity contribution >= 4 is 17.5 Å². The van der Waals surface area contributed by atoms with E-state index in [0.29, 0.717) is 6.61 Å². The largest absolute Gasteiger partial charge is 0.385 e. The fourth-order valence-corrected chi connectivity index (χ4v) is 4.49. The highest BCUT2D eigenvalue weighted by Gasteiger charge is 2.44. The molecule has 3 nitrogen and oxygen atoms in total. The number of hydrogen-bond acceptors (Lipinski definition) is 4. The molecule has 3 rings (SSSR count). The summed E-state index contributed by atoms with van der Waals surface area (Å²) in [4.78, 5) is 12.3. The summed E-state index contributed by atoms with van der Waals surface area (Å²) >= 11 is 1.98. The van der Waals surface area contributed by atoms with Crippen molar-refractivity contribution in [1.82, 2.24) is 0 Å². The number of aliphatic hydroxyl groups is 1. The minimum absolute atomic E-state index is 0.0393. The molecular formula is C14H22O3S. The van der Waals surface area contributed by atoms with Crippen LogP contribution in [0, 0.1) is 11.8 Å². The van der Waals surface area contributed by atoms with Gasteiger partial charge in [-0.15, -0.1) is 0 Å². The Kier molecular flexibility index (Phi) is 3.70. The Labute approximate surface area is 113 Å². The average Bonchev–Trinajstić information content (AvgIpc) is 3.22. The first-order valence-corrected chi connectivity index (χ1v) is 8.29. The lowest BCUT2D eigenvalue weighted by atomic mass is 9.78. The van der Waals surface area contributed by atoms with E-state index in [1.165, 1.54) is 0 Å². The molecule has 2 heterocycles. The quantitative estimate of drug-likeness (QED) is 0.852. The molecule has 2 unspecified atom stereocenters. The van der Waals surface area contributed by atoms with Gasteiger partial charge in [0.15, 0.2) is 5.78 Å². The second-order valence-corrected chi connectivity index (χ2v) is 7.24. The van der Waals surface area contributed by atoms with Gasteiger partial charge < -0.3 is 9.84 Å². The van der Waals surface area contributed by atoms with E-state index < -0.39 is 6.10 Å². The lowest BCUT2D eigenvalue weighted by Crippen LogP contribution is -2.46. The summed E-state index contributed by atoms with van der Waals surface area (Å²) in [5, 5.41) is 10.0. The van der Waals surface area contributed by atoms with Crippen LogP contribution >= 0.6 is 11.8 Å². The van der Waals surface area contributed by atoms with E-state index in [-0.39, 0.29) is 23.2 Å². The average molecular weight is 270 g/mol. The highest BCUT2D eigenvalue weighted by Crippen LogP contribution is 2.42. The molecule has 4 heteroatoms. The van der Waals surface area contributed by atoms with E-state index >= 15 is 0 Å². The molecule has 0 bridgehead atoms. The Balaban J connectivity index is 1.63. The highest BCUT2D eigenvalue weighted by atomic mass is 32.2. The molecule has 1 aliphatic carbocycles. The van der Waals surface area contributed by atoms with Crippen molar-refractivity contribution < 1.29 is 14.6 Å². The Morgan fingerprint density at radius 3 is 2.67 bits per heavy atom. The molecule has 3 fully saturated rings. The Morgan fingerprint density at radius 2 is 2.00 bits per heavy atom. The highest BCUT2D eigenvalue weighted by molar-refractivity contribution is 7.99. The molecule has 0 aromatic heterocycles. The molecule has 0 radical (unpaired) electrons. The summed E-state index contributed by atoms with van der Waals surface area (Å²) in [5.74, 6) is 2.69. The first-order chi connectivity index (χ1) is 8.70. The van der Waals surface area contributed by atoms with E-state index in [1.807, 2.05) is 11.8 Å². The molecule has 0 aromatic carbocycles. The van der Waals surface area contributed by atoms with Crippen molar-refractivity contribution in [1.29, 1.82) is 0 Å². The number of ether oxygens (including phenoxy) is 1. The molecular weight excluding hydrogens is 248 g/mol. The van der Waals surface area contributed by atoms with Crippen molar-refractivity contribution in [2.24, 2.45) is 11.8 Å². The summed E-state index contributed by atoms with van der Waals surface area (Å²) in [6.07, 6.45) is 5.15. The van der Waals surface area contributed by atoms with Crippen LogP contribution in [-0.2, 0) is 9.53 Å². The lowest BCUT2D eigenvalue weighted by Gasteiger charge is -2.43. The van der Waals surface area contributed by atoms with Crippen LogP contribution in [0.15, 0.2) is 0 Å². The molecule has 18 heavy (non-hydrogen) atoms. The first kappa shape index (κ1) is 12.9. The maximum absolute atomic E-state index is 12.3. The summed E-state index contributed by atoms with van der Waals surface area (Å²) in [7, 11) is 0. The topological polar surface area (TPSA) is 46.5 Å². The summed E-state index contributed by atoms with van der Waals surface area (Å²) in [5.41, 5.74) is -0.0485. The van der Waals surface area contributed by atoms with Gasteiger partial charge in [-0.1, -0.05) is 0 Å². The number of thioether (sulfide) groups is 1. The zero-order valence-electron chi connectivity index (χ0n) is 10.8. The molecule has 3 aliphatic rings. The third kappa shape index (κ3) is 2.61. The van der Waals surface area contributed by atoms with Crippen molar-refractivity contribution in [3.63, 3.8) is 0 Å². The maximum atomic E-state index is 12.3. The van der Waals surface area contributed by atoms with Crippen molar-refractivity contribution in [3.05, 3.63) is 0 Å². The molecule has 2 saturated heterocycles. The Bertz CT molecular complexity index is 315. The maximum Gasteiger partial charge on any atom is 0.164 e. The van der Waals surface area contributed by atoms with Gasteiger partial charge >= 0.3 is 0 Å². The standard InChI is InChI=1S/C14H22O3S/c15-12(10-1-2-10)13(16)11-3-6-17-14(9-11)4-7-18-8-5-14/h10-12,15H,1-9H2. The third-order valence-corrected chi connectivity index (χ3v) is 5.65. The second-order valence-electron chi connectivity index (χ2n) is 6.02. The smallest absolute Gasteiger partial charge is 0.164 e. The first-order valence-electron chi connectivity index (χ1n) is 7.14. The molecule has 0 amide bonds. The van der Waals surface area contributed by atoms with Gasteiger partial charge in [-0.3, -0.25) is 4.79 Å². The number of carbonyl (C=O) groups excluding carboxylic acids is 1. The fraction of sp³-hybridized carbons (Fsp3) is 0.929. The fourth-order valence-electron chi connectivity index (χ4n) is 3.25. The van der Waals surface area contributed by atoms with Crippen LogP contribution in [-0.4, -0.2) is 40.7 Å². The van der Waals surface area contributed by atoms with Gasteiger partial charge in [0.25, 0.3) is 0 Å². The molecule has 2 atom stereocenters. The molecule has 2 aliphatic heterocycles. The van der Waals surface area contributed by atoms with Crippen LogP contribution < -0.4 is 0 Å². The zero-order chi connectivity index (χ0) is 12.6. The van der Waals surface area contributed by atoms with Gasteiger partial charge in [0, 0.05) is 12.5 Å². The van der Waals surface area contributed by atoms with Crippen LogP contribution in [0.4, 0.5) is 0 Å². The SMILES string of the molecule is O=C(C1CCOC2(CCSCC2)C1)C(O)C1CC1. The molecule has 102 valence electrons. The molecule has 0 aromatic rings. The van der Waals surface area contributed by atoms with Crippen LogP contribution in [0.3, 0.4) is 0 Å². The van der Waals surface area contributed by atoms with E-state index in [1.54, 1.807) is 0 Å². The Morgan fingerprint density at radius 1 is 1.28 bits per heavy atom. The van der Waals surface area contributed by atoms with Crippen LogP contribution in [0.1, 0.15) is 38.5 Å². The lowest BCUT2D eigenvalue weighted by molar-refractivity contribution is -0.146. The van der Waals surface area contributed by atoms with Gasteiger partial charge in [-0.25, -0.2) is 0 Å². The van der Waals surface area contributed by atoms with Gasteiger partial charge in [0.2, 0.25) is 0 Å². The number of rotatable bonds is 3. The third-order valence-electron chi connectivity index (χ3n) is 4.66. The van der Waals surface area contributed by atoms with Crippen molar-refractivity contribution in [2.75, 3.05) is 18.1 Å². The number of carbonyl (C=O) groups is 1. The number of Topliss-reactive ketones (excluding diaryl/α,β-unsaturated/α-hetero) is 1. The number of hydrogen-bond donors (Lipinski definition) is 1. The predicted molar refractivity (Wildman–Crippen MR) is 71.7 cm³/mol. The monoisotopic (exact) mass is 270 g/mol. The second kappa shape index (κ2) is 5.14. The summed E-state index contributed by atoms with van der Waals surface area (Å²) in [6, 6.07) is 0. The summed E-state index contributed by atoms with van der Waals surface area (Å²) < 4.78 is 6.00. The minimum atomic E-state index is -0.692. The summed E-state index contributed by atoms with van der Waals surface area (Å²) in [6.45, 7) is 0.693. The molecule has 1 N–H and O–H groups in total. The van der Waals surface area contributed by atoms with E-state index in [9.17, 15) is 9.90 Å². The van der Waals surface area contributed by atoms with Crippen LogP contribution in [0.5, 0.6) is 0 Å². The van der Waals surface area contributed by atoms with E-state index in [4.69, 9.17) is 4.74 Å². The zero-order valence-corrected chi connectivity index (χ0v) is 11.6. The minimum Gasteiger partial charge on any atom is -0.385 e.